The first-order valence-corrected chi connectivity index (χ1v) is 4.67. The summed E-state index contributed by atoms with van der Waals surface area (Å²) in [6, 6.07) is 7.71. The van der Waals surface area contributed by atoms with Crippen LogP contribution in [0.25, 0.3) is 0 Å². The van der Waals surface area contributed by atoms with E-state index in [4.69, 9.17) is 4.74 Å². The Kier molecular flexibility index (Phi) is 4.23. The number of rotatable bonds is 5. The van der Waals surface area contributed by atoms with Crippen molar-refractivity contribution in [3.05, 3.63) is 61.3 Å². The van der Waals surface area contributed by atoms with Crippen LogP contribution >= 0.6 is 0 Å². The number of allylic oxidation sites excluding steroid dienone is 3. The summed E-state index contributed by atoms with van der Waals surface area (Å²) in [5.41, 5.74) is 1.79. The SMILES string of the molecule is C=C/C=C(\C=C)Nc1ccccc1OC. The van der Waals surface area contributed by atoms with Gasteiger partial charge in [-0.25, -0.2) is 0 Å². The van der Waals surface area contributed by atoms with Gasteiger partial charge in [-0.15, -0.1) is 0 Å². The first kappa shape index (κ1) is 11.1. The molecule has 2 heteroatoms. The van der Waals surface area contributed by atoms with Gasteiger partial charge in [0.2, 0.25) is 0 Å². The Labute approximate surface area is 90.6 Å². The summed E-state index contributed by atoms with van der Waals surface area (Å²) in [5, 5.41) is 3.20. The smallest absolute Gasteiger partial charge is 0.142 e. The average Bonchev–Trinajstić information content (AvgIpc) is 2.29. The van der Waals surface area contributed by atoms with Gasteiger partial charge < -0.3 is 10.1 Å². The lowest BCUT2D eigenvalue weighted by molar-refractivity contribution is 0.416. The van der Waals surface area contributed by atoms with Gasteiger partial charge in [-0.1, -0.05) is 31.4 Å². The van der Waals surface area contributed by atoms with Crippen molar-refractivity contribution >= 4 is 5.69 Å². The van der Waals surface area contributed by atoms with Crippen LogP contribution in [0.4, 0.5) is 5.69 Å². The summed E-state index contributed by atoms with van der Waals surface area (Å²) in [5.74, 6) is 0.800. The molecule has 0 saturated heterocycles. The van der Waals surface area contributed by atoms with Crippen LogP contribution in [-0.4, -0.2) is 7.11 Å². The molecule has 1 rings (SSSR count). The summed E-state index contributed by atoms with van der Waals surface area (Å²) >= 11 is 0. The standard InChI is InChI=1S/C13H15NO/c1-4-8-11(5-2)14-12-9-6-7-10-13(12)15-3/h4-10,14H,1-2H2,3H3/b11-8+. The predicted octanol–water partition coefficient (Wildman–Crippen LogP) is 3.36. The van der Waals surface area contributed by atoms with Crippen molar-refractivity contribution in [1.29, 1.82) is 0 Å². The van der Waals surface area contributed by atoms with Crippen molar-refractivity contribution in [2.24, 2.45) is 0 Å². The third kappa shape index (κ3) is 3.02. The Morgan fingerprint density at radius 1 is 1.33 bits per heavy atom. The zero-order valence-corrected chi connectivity index (χ0v) is 8.86. The van der Waals surface area contributed by atoms with Gasteiger partial charge in [0.1, 0.15) is 5.75 Å². The number of methoxy groups -OCH3 is 1. The average molecular weight is 201 g/mol. The monoisotopic (exact) mass is 201 g/mol. The van der Waals surface area contributed by atoms with Crippen molar-refractivity contribution in [3.8, 4) is 5.75 Å². The zero-order valence-electron chi connectivity index (χ0n) is 8.86. The van der Waals surface area contributed by atoms with Gasteiger partial charge in [0.05, 0.1) is 12.8 Å². The molecule has 0 fully saturated rings. The van der Waals surface area contributed by atoms with Gasteiger partial charge in [-0.05, 0) is 24.3 Å². The molecule has 2 nitrogen and oxygen atoms in total. The maximum Gasteiger partial charge on any atom is 0.142 e. The lowest BCUT2D eigenvalue weighted by Crippen LogP contribution is -1.98. The molecule has 0 aliphatic heterocycles. The van der Waals surface area contributed by atoms with Gasteiger partial charge in [0.15, 0.2) is 0 Å². The molecule has 0 spiro atoms. The molecule has 0 aromatic heterocycles. The minimum Gasteiger partial charge on any atom is -0.495 e. The second-order valence-electron chi connectivity index (χ2n) is 2.89. The van der Waals surface area contributed by atoms with Gasteiger partial charge >= 0.3 is 0 Å². The molecule has 78 valence electrons. The van der Waals surface area contributed by atoms with E-state index in [0.29, 0.717) is 0 Å². The molecular weight excluding hydrogens is 186 g/mol. The minimum absolute atomic E-state index is 0.800. The van der Waals surface area contributed by atoms with E-state index in [9.17, 15) is 0 Å². The van der Waals surface area contributed by atoms with E-state index in [0.717, 1.165) is 17.1 Å². The molecule has 0 radical (unpaired) electrons. The van der Waals surface area contributed by atoms with E-state index in [2.05, 4.69) is 18.5 Å². The Balaban J connectivity index is 2.92. The van der Waals surface area contributed by atoms with E-state index >= 15 is 0 Å². The van der Waals surface area contributed by atoms with Crippen LogP contribution < -0.4 is 10.1 Å². The van der Waals surface area contributed by atoms with Crippen LogP contribution in [0.1, 0.15) is 0 Å². The number of ether oxygens (including phenoxy) is 1. The maximum absolute atomic E-state index is 5.22. The summed E-state index contributed by atoms with van der Waals surface area (Å²) in [6.45, 7) is 7.35. The van der Waals surface area contributed by atoms with E-state index in [1.165, 1.54) is 0 Å². The molecule has 1 aromatic rings. The highest BCUT2D eigenvalue weighted by Crippen LogP contribution is 2.24. The Morgan fingerprint density at radius 3 is 2.67 bits per heavy atom. The highest BCUT2D eigenvalue weighted by atomic mass is 16.5. The molecule has 0 aliphatic rings. The maximum atomic E-state index is 5.22. The van der Waals surface area contributed by atoms with Crippen molar-refractivity contribution in [3.63, 3.8) is 0 Å². The molecule has 0 aliphatic carbocycles. The van der Waals surface area contributed by atoms with Crippen molar-refractivity contribution in [2.45, 2.75) is 0 Å². The molecule has 1 aromatic carbocycles. The molecule has 1 N–H and O–H groups in total. The second-order valence-corrected chi connectivity index (χ2v) is 2.89. The zero-order chi connectivity index (χ0) is 11.1. The molecule has 0 amide bonds. The first-order chi connectivity index (χ1) is 7.31. The van der Waals surface area contributed by atoms with E-state index in [-0.39, 0.29) is 0 Å². The van der Waals surface area contributed by atoms with Crippen LogP contribution in [0.3, 0.4) is 0 Å². The summed E-state index contributed by atoms with van der Waals surface area (Å²) in [6.07, 6.45) is 5.28. The molecule has 15 heavy (non-hydrogen) atoms. The molecule has 0 bridgehead atoms. The Morgan fingerprint density at radius 2 is 2.07 bits per heavy atom. The Bertz CT molecular complexity index is 380. The number of benzene rings is 1. The quantitative estimate of drug-likeness (QED) is 0.737. The fourth-order valence-electron chi connectivity index (χ4n) is 1.19. The highest BCUT2D eigenvalue weighted by Gasteiger charge is 2.00. The van der Waals surface area contributed by atoms with Gasteiger partial charge in [-0.3, -0.25) is 0 Å². The van der Waals surface area contributed by atoms with E-state index in [1.807, 2.05) is 30.3 Å². The number of anilines is 1. The number of nitrogens with one attached hydrogen (secondary N) is 1. The molecule has 0 atom stereocenters. The normalized spacial score (nSPS) is 10.6. The van der Waals surface area contributed by atoms with Crippen molar-refractivity contribution in [2.75, 3.05) is 12.4 Å². The number of hydrogen-bond acceptors (Lipinski definition) is 2. The Hall–Kier alpha value is -1.96. The first-order valence-electron chi connectivity index (χ1n) is 4.67. The summed E-state index contributed by atoms with van der Waals surface area (Å²) in [4.78, 5) is 0. The van der Waals surface area contributed by atoms with Crippen LogP contribution in [0, 0.1) is 0 Å². The highest BCUT2D eigenvalue weighted by molar-refractivity contribution is 5.60. The fraction of sp³-hybridized carbons (Fsp3) is 0.0769. The van der Waals surface area contributed by atoms with Gasteiger partial charge in [-0.2, -0.15) is 0 Å². The fourth-order valence-corrected chi connectivity index (χ4v) is 1.19. The van der Waals surface area contributed by atoms with E-state index in [1.54, 1.807) is 19.3 Å². The second kappa shape index (κ2) is 5.70. The topological polar surface area (TPSA) is 21.3 Å². The molecule has 0 heterocycles. The number of hydrogen-bond donors (Lipinski definition) is 1. The largest absolute Gasteiger partial charge is 0.495 e. The van der Waals surface area contributed by atoms with Crippen molar-refractivity contribution in [1.82, 2.24) is 0 Å². The van der Waals surface area contributed by atoms with Crippen LogP contribution in [0.15, 0.2) is 61.3 Å². The molecule has 0 unspecified atom stereocenters. The van der Waals surface area contributed by atoms with E-state index < -0.39 is 0 Å². The summed E-state index contributed by atoms with van der Waals surface area (Å²) < 4.78 is 5.22. The number of para-hydroxylation sites is 2. The lowest BCUT2D eigenvalue weighted by atomic mass is 10.2. The molecular formula is C13H15NO. The van der Waals surface area contributed by atoms with Crippen LogP contribution in [0.2, 0.25) is 0 Å². The minimum atomic E-state index is 0.800. The predicted molar refractivity (Wildman–Crippen MR) is 65.1 cm³/mol. The lowest BCUT2D eigenvalue weighted by Gasteiger charge is -2.10. The summed E-state index contributed by atoms with van der Waals surface area (Å²) in [7, 11) is 1.64. The third-order valence-electron chi connectivity index (χ3n) is 1.90. The van der Waals surface area contributed by atoms with Crippen molar-refractivity contribution < 1.29 is 4.74 Å². The van der Waals surface area contributed by atoms with Crippen LogP contribution in [-0.2, 0) is 0 Å². The third-order valence-corrected chi connectivity index (χ3v) is 1.90. The van der Waals surface area contributed by atoms with Gasteiger partial charge in [0.25, 0.3) is 0 Å². The van der Waals surface area contributed by atoms with Gasteiger partial charge in [0, 0.05) is 5.70 Å². The van der Waals surface area contributed by atoms with Crippen LogP contribution in [0.5, 0.6) is 5.75 Å². The molecule has 0 saturated carbocycles.